The Labute approximate surface area is 138 Å². The highest BCUT2D eigenvalue weighted by atomic mass is 16.5. The Balaban J connectivity index is 2.04. The predicted octanol–water partition coefficient (Wildman–Crippen LogP) is 4.28. The standard InChI is InChI=1S/C19H20N2O/c1-22-14-10-11-18-16(12-14)15-8-5-9-17(20)19(15)21(18)13-6-3-2-4-7-13/h2-4,6-7,10-12,15H,5,8-9,20H2,1H3/i2D,3D,4D,6D,7D. The molecule has 0 spiro atoms. The molecule has 0 amide bonds. The van der Waals surface area contributed by atoms with Crippen LogP contribution in [0.2, 0.25) is 0 Å². The third-order valence-electron chi connectivity index (χ3n) is 4.40. The highest BCUT2D eigenvalue weighted by Crippen LogP contribution is 2.53. The molecule has 1 unspecified atom stereocenters. The molecule has 3 nitrogen and oxygen atoms in total. The minimum atomic E-state index is -0.398. The summed E-state index contributed by atoms with van der Waals surface area (Å²) in [5, 5.41) is 0. The van der Waals surface area contributed by atoms with Gasteiger partial charge >= 0.3 is 0 Å². The molecule has 1 aliphatic carbocycles. The number of para-hydroxylation sites is 1. The summed E-state index contributed by atoms with van der Waals surface area (Å²) in [6.07, 6.45) is 2.57. The Bertz CT molecular complexity index is 960. The summed E-state index contributed by atoms with van der Waals surface area (Å²) in [5.41, 5.74) is 9.83. The van der Waals surface area contributed by atoms with Crippen molar-refractivity contribution in [3.8, 4) is 5.75 Å². The summed E-state index contributed by atoms with van der Waals surface area (Å²) in [6, 6.07) is 4.09. The Morgan fingerprint density at radius 1 is 1.27 bits per heavy atom. The van der Waals surface area contributed by atoms with Gasteiger partial charge in [-0.3, -0.25) is 0 Å². The molecule has 4 rings (SSSR count). The fourth-order valence-corrected chi connectivity index (χ4v) is 3.46. The van der Waals surface area contributed by atoms with Crippen LogP contribution in [0.4, 0.5) is 11.4 Å². The summed E-state index contributed by atoms with van der Waals surface area (Å²) < 4.78 is 46.1. The minimum Gasteiger partial charge on any atom is -0.497 e. The van der Waals surface area contributed by atoms with Crippen molar-refractivity contribution >= 4 is 11.4 Å². The van der Waals surface area contributed by atoms with E-state index >= 15 is 0 Å². The minimum absolute atomic E-state index is 0.0293. The van der Waals surface area contributed by atoms with E-state index < -0.39 is 6.04 Å². The molecule has 22 heavy (non-hydrogen) atoms. The van der Waals surface area contributed by atoms with Crippen LogP contribution in [0, 0.1) is 0 Å². The third-order valence-corrected chi connectivity index (χ3v) is 4.40. The maximum atomic E-state index is 8.39. The monoisotopic (exact) mass is 297 g/mol. The van der Waals surface area contributed by atoms with Gasteiger partial charge < -0.3 is 15.4 Å². The second kappa shape index (κ2) is 5.09. The Kier molecular flexibility index (Phi) is 2.06. The van der Waals surface area contributed by atoms with E-state index in [1.165, 1.54) is 0 Å². The van der Waals surface area contributed by atoms with Crippen LogP contribution in [0.25, 0.3) is 0 Å². The number of anilines is 2. The zero-order chi connectivity index (χ0) is 19.5. The lowest BCUT2D eigenvalue weighted by atomic mass is 9.87. The van der Waals surface area contributed by atoms with Crippen molar-refractivity contribution in [2.45, 2.75) is 25.2 Å². The maximum Gasteiger partial charge on any atom is 0.119 e. The van der Waals surface area contributed by atoms with Gasteiger partial charge in [0.05, 0.1) is 19.7 Å². The van der Waals surface area contributed by atoms with E-state index in [1.54, 1.807) is 12.0 Å². The Morgan fingerprint density at radius 3 is 2.86 bits per heavy atom. The van der Waals surface area contributed by atoms with E-state index in [9.17, 15) is 0 Å². The second-order valence-electron chi connectivity index (χ2n) is 5.59. The third kappa shape index (κ3) is 1.89. The van der Waals surface area contributed by atoms with Gasteiger partial charge in [0.1, 0.15) is 5.75 Å². The van der Waals surface area contributed by atoms with Crippen molar-refractivity contribution in [3.05, 3.63) is 65.4 Å². The molecular weight excluding hydrogens is 272 g/mol. The number of ether oxygens (including phenoxy) is 1. The van der Waals surface area contributed by atoms with Crippen LogP contribution in [0.15, 0.2) is 59.8 Å². The lowest BCUT2D eigenvalue weighted by Gasteiger charge is -2.28. The number of nitrogens with two attached hydrogens (primary N) is 1. The average Bonchev–Trinajstić information content (AvgIpc) is 3.00. The molecule has 2 aromatic carbocycles. The normalized spacial score (nSPS) is 23.0. The summed E-state index contributed by atoms with van der Waals surface area (Å²) >= 11 is 0. The second-order valence-corrected chi connectivity index (χ2v) is 5.59. The zero-order valence-corrected chi connectivity index (χ0v) is 12.4. The lowest BCUT2D eigenvalue weighted by molar-refractivity contribution is 0.414. The number of methoxy groups -OCH3 is 1. The van der Waals surface area contributed by atoms with E-state index in [0.29, 0.717) is 5.70 Å². The van der Waals surface area contributed by atoms with E-state index in [2.05, 4.69) is 0 Å². The maximum absolute atomic E-state index is 8.39. The molecule has 0 saturated heterocycles. The number of rotatable bonds is 2. The van der Waals surface area contributed by atoms with E-state index in [0.717, 1.165) is 42.0 Å². The van der Waals surface area contributed by atoms with Crippen molar-refractivity contribution in [2.24, 2.45) is 5.73 Å². The summed E-state index contributed by atoms with van der Waals surface area (Å²) in [4.78, 5) is 1.76. The van der Waals surface area contributed by atoms with Gasteiger partial charge in [-0.25, -0.2) is 0 Å². The van der Waals surface area contributed by atoms with Crippen molar-refractivity contribution in [2.75, 3.05) is 12.0 Å². The predicted molar refractivity (Wildman–Crippen MR) is 89.4 cm³/mol. The topological polar surface area (TPSA) is 38.5 Å². The van der Waals surface area contributed by atoms with Gasteiger partial charge in [0.2, 0.25) is 0 Å². The molecule has 112 valence electrons. The van der Waals surface area contributed by atoms with Gasteiger partial charge in [-0.05, 0) is 55.1 Å². The van der Waals surface area contributed by atoms with E-state index in [4.69, 9.17) is 17.3 Å². The first-order valence-corrected chi connectivity index (χ1v) is 7.40. The molecule has 1 atom stereocenters. The molecule has 3 heteroatoms. The van der Waals surface area contributed by atoms with Gasteiger partial charge in [-0.15, -0.1) is 0 Å². The van der Waals surface area contributed by atoms with Gasteiger partial charge in [-0.2, -0.15) is 0 Å². The smallest absolute Gasteiger partial charge is 0.119 e. The molecule has 2 aromatic rings. The summed E-state index contributed by atoms with van der Waals surface area (Å²) in [7, 11) is 1.61. The molecule has 0 aromatic heterocycles. The molecule has 0 fully saturated rings. The van der Waals surface area contributed by atoms with Crippen LogP contribution in [0.3, 0.4) is 0 Å². The molecule has 0 radical (unpaired) electrons. The number of fused-ring (bicyclic) bond motifs is 3. The van der Waals surface area contributed by atoms with Gasteiger partial charge in [0.15, 0.2) is 0 Å². The average molecular weight is 297 g/mol. The first kappa shape index (κ1) is 8.89. The molecule has 0 saturated carbocycles. The van der Waals surface area contributed by atoms with Crippen molar-refractivity contribution < 1.29 is 11.6 Å². The number of nitrogens with zero attached hydrogens (tertiary/aromatic N) is 1. The number of hydrogen-bond donors (Lipinski definition) is 1. The molecule has 2 N–H and O–H groups in total. The highest BCUT2D eigenvalue weighted by molar-refractivity contribution is 5.79. The van der Waals surface area contributed by atoms with Crippen LogP contribution in [0.5, 0.6) is 5.75 Å². The summed E-state index contributed by atoms with van der Waals surface area (Å²) in [6.45, 7) is 0. The van der Waals surface area contributed by atoms with Crippen LogP contribution in [-0.4, -0.2) is 7.11 Å². The van der Waals surface area contributed by atoms with Crippen molar-refractivity contribution in [1.29, 1.82) is 0 Å². The van der Waals surface area contributed by atoms with Crippen LogP contribution in [0.1, 0.15) is 37.6 Å². The Morgan fingerprint density at radius 2 is 2.09 bits per heavy atom. The lowest BCUT2D eigenvalue weighted by Crippen LogP contribution is -2.22. The molecule has 1 aliphatic heterocycles. The number of hydrogen-bond acceptors (Lipinski definition) is 3. The number of allylic oxidation sites excluding steroid dienone is 2. The molecule has 2 aliphatic rings. The van der Waals surface area contributed by atoms with E-state index in [1.807, 2.05) is 18.2 Å². The zero-order valence-electron chi connectivity index (χ0n) is 17.4. The van der Waals surface area contributed by atoms with Crippen LogP contribution >= 0.6 is 0 Å². The number of benzene rings is 2. The quantitative estimate of drug-likeness (QED) is 0.899. The Hall–Kier alpha value is -2.42. The van der Waals surface area contributed by atoms with Gasteiger partial charge in [0.25, 0.3) is 0 Å². The first-order valence-electron chi connectivity index (χ1n) is 9.90. The fourth-order valence-electron chi connectivity index (χ4n) is 3.46. The summed E-state index contributed by atoms with van der Waals surface area (Å²) in [5.74, 6) is 0.752. The van der Waals surface area contributed by atoms with Crippen molar-refractivity contribution in [1.82, 2.24) is 0 Å². The van der Waals surface area contributed by atoms with Crippen molar-refractivity contribution in [3.63, 3.8) is 0 Å². The fraction of sp³-hybridized carbons (Fsp3) is 0.263. The van der Waals surface area contributed by atoms with Gasteiger partial charge in [-0.1, -0.05) is 18.1 Å². The van der Waals surface area contributed by atoms with E-state index in [-0.39, 0.29) is 35.8 Å². The van der Waals surface area contributed by atoms with Crippen LogP contribution < -0.4 is 15.4 Å². The molecule has 1 heterocycles. The highest BCUT2D eigenvalue weighted by Gasteiger charge is 2.38. The molecule has 0 bridgehead atoms. The largest absolute Gasteiger partial charge is 0.497 e. The van der Waals surface area contributed by atoms with Gasteiger partial charge in [0, 0.05) is 23.0 Å². The SMILES string of the molecule is [2H]c1c([2H])c([2H])c(N2C3=C(N)CCCC3c3cc(OC)ccc32)c([2H])c1[2H]. The van der Waals surface area contributed by atoms with Crippen LogP contribution in [-0.2, 0) is 0 Å². The first-order chi connectivity index (χ1) is 12.9. The molecular formula is C19H20N2O.